The summed E-state index contributed by atoms with van der Waals surface area (Å²) in [6, 6.07) is 21.6. The quantitative estimate of drug-likeness (QED) is 0.654. The molecule has 0 saturated carbocycles. The second-order valence-electron chi connectivity index (χ2n) is 8.14. The van der Waals surface area contributed by atoms with Crippen LogP contribution < -0.4 is 5.73 Å². The first-order chi connectivity index (χ1) is 12.0. The van der Waals surface area contributed by atoms with Gasteiger partial charge in [-0.2, -0.15) is 0 Å². The molecule has 2 rings (SSSR count). The van der Waals surface area contributed by atoms with Gasteiger partial charge in [-0.25, -0.2) is 0 Å². The van der Waals surface area contributed by atoms with E-state index in [1.54, 1.807) is 0 Å². The SMILES string of the molecule is CC(CN)CC(C)(C)CCN(Cc1ccccc1)Cc1ccccc1. The normalized spacial score (nSPS) is 13.2. The molecule has 2 aromatic rings. The summed E-state index contributed by atoms with van der Waals surface area (Å²) in [7, 11) is 0. The van der Waals surface area contributed by atoms with E-state index in [0.29, 0.717) is 11.3 Å². The predicted octanol–water partition coefficient (Wildman–Crippen LogP) is 5.09. The fourth-order valence-corrected chi connectivity index (χ4v) is 3.49. The molecule has 0 spiro atoms. The largest absolute Gasteiger partial charge is 0.330 e. The minimum atomic E-state index is 0.324. The van der Waals surface area contributed by atoms with E-state index in [1.165, 1.54) is 24.0 Å². The van der Waals surface area contributed by atoms with E-state index >= 15 is 0 Å². The molecule has 0 aliphatic heterocycles. The Morgan fingerprint density at radius 2 is 1.36 bits per heavy atom. The van der Waals surface area contributed by atoms with Crippen LogP contribution in [0.1, 0.15) is 44.7 Å². The van der Waals surface area contributed by atoms with Crippen LogP contribution in [0.5, 0.6) is 0 Å². The highest BCUT2D eigenvalue weighted by Gasteiger charge is 2.22. The van der Waals surface area contributed by atoms with Crippen LogP contribution in [0.4, 0.5) is 0 Å². The van der Waals surface area contributed by atoms with Gasteiger partial charge < -0.3 is 5.73 Å². The zero-order valence-electron chi connectivity index (χ0n) is 16.1. The smallest absolute Gasteiger partial charge is 0.0237 e. The molecule has 0 heterocycles. The van der Waals surface area contributed by atoms with Crippen LogP contribution in [0.15, 0.2) is 60.7 Å². The van der Waals surface area contributed by atoms with Gasteiger partial charge in [0, 0.05) is 13.1 Å². The Hall–Kier alpha value is -1.64. The van der Waals surface area contributed by atoms with Crippen molar-refractivity contribution in [2.75, 3.05) is 13.1 Å². The third kappa shape index (κ3) is 7.41. The lowest BCUT2D eigenvalue weighted by Crippen LogP contribution is -2.29. The summed E-state index contributed by atoms with van der Waals surface area (Å²) in [4.78, 5) is 2.57. The van der Waals surface area contributed by atoms with E-state index in [4.69, 9.17) is 5.73 Å². The standard InChI is InChI=1S/C23H34N2/c1-20(17-24)16-23(2,3)14-15-25(18-21-10-6-4-7-11-21)19-22-12-8-5-9-13-22/h4-13,20H,14-19,24H2,1-3H3. The molecule has 25 heavy (non-hydrogen) atoms. The van der Waals surface area contributed by atoms with Crippen molar-refractivity contribution in [3.8, 4) is 0 Å². The van der Waals surface area contributed by atoms with Crippen LogP contribution in [0, 0.1) is 11.3 Å². The van der Waals surface area contributed by atoms with Crippen LogP contribution >= 0.6 is 0 Å². The van der Waals surface area contributed by atoms with Crippen molar-refractivity contribution >= 4 is 0 Å². The Bertz CT molecular complexity index is 551. The van der Waals surface area contributed by atoms with Crippen molar-refractivity contribution in [1.29, 1.82) is 0 Å². The lowest BCUT2D eigenvalue weighted by molar-refractivity contribution is 0.183. The molecule has 0 radical (unpaired) electrons. The minimum absolute atomic E-state index is 0.324. The summed E-state index contributed by atoms with van der Waals surface area (Å²) in [5, 5.41) is 0. The monoisotopic (exact) mass is 338 g/mol. The van der Waals surface area contributed by atoms with Gasteiger partial charge in [0.05, 0.1) is 0 Å². The van der Waals surface area contributed by atoms with Crippen LogP contribution in [0.2, 0.25) is 0 Å². The summed E-state index contributed by atoms with van der Waals surface area (Å²) in [6.07, 6.45) is 2.38. The average molecular weight is 339 g/mol. The number of rotatable bonds is 10. The Kier molecular flexibility index (Phi) is 7.67. The topological polar surface area (TPSA) is 29.3 Å². The van der Waals surface area contributed by atoms with Gasteiger partial charge in [0.1, 0.15) is 0 Å². The van der Waals surface area contributed by atoms with E-state index in [2.05, 4.69) is 86.3 Å². The van der Waals surface area contributed by atoms with Crippen LogP contribution in [-0.4, -0.2) is 18.0 Å². The van der Waals surface area contributed by atoms with Crippen LogP contribution in [-0.2, 0) is 13.1 Å². The molecule has 0 fully saturated rings. The molecule has 0 aliphatic rings. The zero-order valence-corrected chi connectivity index (χ0v) is 16.1. The maximum Gasteiger partial charge on any atom is 0.0237 e. The molecule has 0 aromatic heterocycles. The van der Waals surface area contributed by atoms with Gasteiger partial charge in [-0.05, 0) is 48.4 Å². The minimum Gasteiger partial charge on any atom is -0.330 e. The highest BCUT2D eigenvalue weighted by molar-refractivity contribution is 5.17. The number of nitrogens with two attached hydrogens (primary N) is 1. The molecular weight excluding hydrogens is 304 g/mol. The predicted molar refractivity (Wildman–Crippen MR) is 108 cm³/mol. The summed E-state index contributed by atoms with van der Waals surface area (Å²) in [5.74, 6) is 0.590. The first-order valence-corrected chi connectivity index (χ1v) is 9.49. The number of hydrogen-bond acceptors (Lipinski definition) is 2. The van der Waals surface area contributed by atoms with Gasteiger partial charge in [0.15, 0.2) is 0 Å². The maximum absolute atomic E-state index is 5.83. The lowest BCUT2D eigenvalue weighted by Gasteiger charge is -2.31. The summed E-state index contributed by atoms with van der Waals surface area (Å²) < 4.78 is 0. The van der Waals surface area contributed by atoms with Crippen molar-refractivity contribution in [2.24, 2.45) is 17.1 Å². The fourth-order valence-electron chi connectivity index (χ4n) is 3.49. The molecule has 2 N–H and O–H groups in total. The molecule has 2 heteroatoms. The highest BCUT2D eigenvalue weighted by atomic mass is 15.1. The lowest BCUT2D eigenvalue weighted by atomic mass is 9.80. The van der Waals surface area contributed by atoms with E-state index < -0.39 is 0 Å². The first kappa shape index (κ1) is 19.7. The second kappa shape index (κ2) is 9.74. The Labute approximate surface area is 154 Å². The van der Waals surface area contributed by atoms with Crippen molar-refractivity contribution in [2.45, 2.75) is 46.7 Å². The van der Waals surface area contributed by atoms with Gasteiger partial charge >= 0.3 is 0 Å². The molecule has 1 unspecified atom stereocenters. The Morgan fingerprint density at radius 3 is 1.80 bits per heavy atom. The van der Waals surface area contributed by atoms with E-state index in [1.807, 2.05) is 0 Å². The number of nitrogens with zero attached hydrogens (tertiary/aromatic N) is 1. The van der Waals surface area contributed by atoms with E-state index in [-0.39, 0.29) is 0 Å². The highest BCUT2D eigenvalue weighted by Crippen LogP contribution is 2.29. The van der Waals surface area contributed by atoms with Gasteiger partial charge in [-0.1, -0.05) is 81.4 Å². The maximum atomic E-state index is 5.83. The molecule has 136 valence electrons. The van der Waals surface area contributed by atoms with E-state index in [9.17, 15) is 0 Å². The van der Waals surface area contributed by atoms with Gasteiger partial charge in [0.2, 0.25) is 0 Å². The van der Waals surface area contributed by atoms with E-state index in [0.717, 1.165) is 26.2 Å². The summed E-state index contributed by atoms with van der Waals surface area (Å²) in [6.45, 7) is 10.9. The average Bonchev–Trinajstić information content (AvgIpc) is 2.61. The molecule has 0 saturated heterocycles. The number of benzene rings is 2. The zero-order chi connectivity index (χ0) is 18.1. The summed E-state index contributed by atoms with van der Waals surface area (Å²) >= 11 is 0. The third-order valence-electron chi connectivity index (χ3n) is 4.91. The van der Waals surface area contributed by atoms with Crippen LogP contribution in [0.3, 0.4) is 0 Å². The number of hydrogen-bond donors (Lipinski definition) is 1. The molecule has 0 aliphatic carbocycles. The molecule has 2 nitrogen and oxygen atoms in total. The van der Waals surface area contributed by atoms with Gasteiger partial charge in [-0.15, -0.1) is 0 Å². The van der Waals surface area contributed by atoms with Gasteiger partial charge in [-0.3, -0.25) is 4.90 Å². The Balaban J connectivity index is 2.01. The van der Waals surface area contributed by atoms with Crippen molar-refractivity contribution in [3.05, 3.63) is 71.8 Å². The Morgan fingerprint density at radius 1 is 0.880 bits per heavy atom. The van der Waals surface area contributed by atoms with Crippen molar-refractivity contribution < 1.29 is 0 Å². The first-order valence-electron chi connectivity index (χ1n) is 9.49. The molecular formula is C23H34N2. The fraction of sp³-hybridized carbons (Fsp3) is 0.478. The van der Waals surface area contributed by atoms with Crippen molar-refractivity contribution in [1.82, 2.24) is 4.90 Å². The van der Waals surface area contributed by atoms with Crippen LogP contribution in [0.25, 0.3) is 0 Å². The third-order valence-corrected chi connectivity index (χ3v) is 4.91. The summed E-state index contributed by atoms with van der Waals surface area (Å²) in [5.41, 5.74) is 8.92. The molecule has 0 amide bonds. The van der Waals surface area contributed by atoms with Gasteiger partial charge in [0.25, 0.3) is 0 Å². The second-order valence-corrected chi connectivity index (χ2v) is 8.14. The molecule has 2 aromatic carbocycles. The molecule has 0 bridgehead atoms. The molecule has 1 atom stereocenters. The van der Waals surface area contributed by atoms with Crippen molar-refractivity contribution in [3.63, 3.8) is 0 Å².